The number of carbonyl (C=O) groups excluding carboxylic acids is 1. The van der Waals surface area contributed by atoms with Crippen LogP contribution in [0.3, 0.4) is 0 Å². The predicted octanol–water partition coefficient (Wildman–Crippen LogP) is 3.75. The molecule has 0 bridgehead atoms. The zero-order chi connectivity index (χ0) is 19.7. The fraction of sp³-hybridized carbons (Fsp3) is 0.529. The highest BCUT2D eigenvalue weighted by molar-refractivity contribution is 6.31. The van der Waals surface area contributed by atoms with E-state index in [2.05, 4.69) is 5.32 Å². The molecule has 1 fully saturated rings. The summed E-state index contributed by atoms with van der Waals surface area (Å²) in [6.45, 7) is 1.65. The number of benzene rings is 1. The maximum Gasteiger partial charge on any atom is 0.416 e. The third-order valence-corrected chi connectivity index (χ3v) is 4.94. The number of carboxylic acid groups (broad SMARTS) is 1. The first-order chi connectivity index (χ1) is 12.0. The lowest BCUT2D eigenvalue weighted by atomic mass is 9.94. The Kier molecular flexibility index (Phi) is 5.75. The van der Waals surface area contributed by atoms with Gasteiger partial charge in [0.05, 0.1) is 11.5 Å². The van der Waals surface area contributed by atoms with Gasteiger partial charge in [0, 0.05) is 30.6 Å². The Morgan fingerprint density at radius 2 is 2.00 bits per heavy atom. The summed E-state index contributed by atoms with van der Waals surface area (Å²) in [6.07, 6.45) is -3.24. The Hall–Kier alpha value is -1.96. The van der Waals surface area contributed by atoms with Crippen LogP contribution in [-0.4, -0.2) is 42.1 Å². The lowest BCUT2D eigenvalue weighted by Crippen LogP contribution is -2.43. The summed E-state index contributed by atoms with van der Waals surface area (Å²) in [5.74, 6) is -1.74. The second-order valence-electron chi connectivity index (χ2n) is 6.75. The van der Waals surface area contributed by atoms with Crippen LogP contribution in [0.2, 0.25) is 5.02 Å². The summed E-state index contributed by atoms with van der Waals surface area (Å²) in [6, 6.07) is 2.72. The number of urea groups is 1. The lowest BCUT2D eigenvalue weighted by molar-refractivity contribution is -0.141. The Morgan fingerprint density at radius 1 is 1.38 bits per heavy atom. The summed E-state index contributed by atoms with van der Waals surface area (Å²) in [4.78, 5) is 24.2. The zero-order valence-electron chi connectivity index (χ0n) is 14.4. The van der Waals surface area contributed by atoms with Crippen LogP contribution in [0.5, 0.6) is 0 Å². The molecule has 0 heterocycles. The van der Waals surface area contributed by atoms with Crippen LogP contribution in [0.15, 0.2) is 18.2 Å². The van der Waals surface area contributed by atoms with Gasteiger partial charge in [-0.3, -0.25) is 4.79 Å². The summed E-state index contributed by atoms with van der Waals surface area (Å²) in [5.41, 5.74) is -1.02. The highest BCUT2D eigenvalue weighted by atomic mass is 35.5. The molecule has 0 aromatic heterocycles. The SMILES string of the molecule is CC(CN(C)C(=O)NCC1(c2cc(C(F)(F)F)ccc2Cl)CC1)C(=O)O. The fourth-order valence-electron chi connectivity index (χ4n) is 2.75. The molecule has 0 saturated heterocycles. The van der Waals surface area contributed by atoms with Crippen molar-refractivity contribution in [2.75, 3.05) is 20.1 Å². The quantitative estimate of drug-likeness (QED) is 0.774. The first-order valence-electron chi connectivity index (χ1n) is 8.05. The summed E-state index contributed by atoms with van der Waals surface area (Å²) >= 11 is 6.10. The second-order valence-corrected chi connectivity index (χ2v) is 7.16. The molecule has 1 unspecified atom stereocenters. The Bertz CT molecular complexity index is 705. The molecule has 5 nitrogen and oxygen atoms in total. The molecule has 2 rings (SSSR count). The van der Waals surface area contributed by atoms with Crippen molar-refractivity contribution in [2.45, 2.75) is 31.4 Å². The van der Waals surface area contributed by atoms with Crippen LogP contribution in [0, 0.1) is 5.92 Å². The van der Waals surface area contributed by atoms with E-state index in [9.17, 15) is 22.8 Å². The molecule has 2 N–H and O–H groups in total. The maximum absolute atomic E-state index is 12.9. The number of carbonyl (C=O) groups is 2. The average molecular weight is 393 g/mol. The van der Waals surface area contributed by atoms with Crippen molar-refractivity contribution < 1.29 is 27.9 Å². The van der Waals surface area contributed by atoms with Gasteiger partial charge in [0.25, 0.3) is 0 Å². The van der Waals surface area contributed by atoms with E-state index in [0.29, 0.717) is 18.4 Å². The number of rotatable bonds is 6. The molecule has 1 aliphatic carbocycles. The molecule has 1 aromatic rings. The Labute approximate surface area is 154 Å². The molecule has 1 aliphatic rings. The van der Waals surface area contributed by atoms with Crippen LogP contribution in [0.25, 0.3) is 0 Å². The molecule has 9 heteroatoms. The summed E-state index contributed by atoms with van der Waals surface area (Å²) < 4.78 is 38.8. The van der Waals surface area contributed by atoms with E-state index in [1.54, 1.807) is 0 Å². The number of carboxylic acids is 1. The van der Waals surface area contributed by atoms with Crippen LogP contribution in [-0.2, 0) is 16.4 Å². The van der Waals surface area contributed by atoms with Gasteiger partial charge in [-0.2, -0.15) is 13.2 Å². The lowest BCUT2D eigenvalue weighted by Gasteiger charge is -2.23. The molecule has 2 amide bonds. The van der Waals surface area contributed by atoms with Crippen molar-refractivity contribution in [3.05, 3.63) is 34.3 Å². The van der Waals surface area contributed by atoms with Crippen LogP contribution in [0.1, 0.15) is 30.9 Å². The van der Waals surface area contributed by atoms with Crippen molar-refractivity contribution in [1.82, 2.24) is 10.2 Å². The largest absolute Gasteiger partial charge is 0.481 e. The normalized spacial score (nSPS) is 16.7. The van der Waals surface area contributed by atoms with E-state index in [0.717, 1.165) is 12.1 Å². The van der Waals surface area contributed by atoms with Crippen molar-refractivity contribution >= 4 is 23.6 Å². The first kappa shape index (κ1) is 20.4. The maximum atomic E-state index is 12.9. The zero-order valence-corrected chi connectivity index (χ0v) is 15.1. The number of aliphatic carboxylic acids is 1. The van der Waals surface area contributed by atoms with E-state index in [-0.39, 0.29) is 18.1 Å². The molecule has 26 heavy (non-hydrogen) atoms. The summed E-state index contributed by atoms with van der Waals surface area (Å²) in [7, 11) is 1.46. The van der Waals surface area contributed by atoms with E-state index in [1.807, 2.05) is 0 Å². The second kappa shape index (κ2) is 7.34. The number of nitrogens with zero attached hydrogens (tertiary/aromatic N) is 1. The number of nitrogens with one attached hydrogen (secondary N) is 1. The van der Waals surface area contributed by atoms with E-state index in [1.165, 1.54) is 24.9 Å². The van der Waals surface area contributed by atoms with Gasteiger partial charge in [-0.15, -0.1) is 0 Å². The predicted molar refractivity (Wildman–Crippen MR) is 90.2 cm³/mol. The minimum atomic E-state index is -4.47. The summed E-state index contributed by atoms with van der Waals surface area (Å²) in [5, 5.41) is 11.8. The average Bonchev–Trinajstić information content (AvgIpc) is 3.32. The van der Waals surface area contributed by atoms with E-state index < -0.39 is 35.1 Å². The van der Waals surface area contributed by atoms with Crippen LogP contribution < -0.4 is 5.32 Å². The smallest absolute Gasteiger partial charge is 0.416 e. The Balaban J connectivity index is 2.06. The number of alkyl halides is 3. The van der Waals surface area contributed by atoms with Gasteiger partial charge in [0.2, 0.25) is 0 Å². The van der Waals surface area contributed by atoms with Crippen molar-refractivity contribution in [3.8, 4) is 0 Å². The van der Waals surface area contributed by atoms with Crippen molar-refractivity contribution in [1.29, 1.82) is 0 Å². The number of hydrogen-bond donors (Lipinski definition) is 2. The number of hydrogen-bond acceptors (Lipinski definition) is 2. The molecular weight excluding hydrogens is 373 g/mol. The van der Waals surface area contributed by atoms with Crippen LogP contribution >= 0.6 is 11.6 Å². The number of halogens is 4. The molecule has 0 radical (unpaired) electrons. The van der Waals surface area contributed by atoms with Gasteiger partial charge in [-0.05, 0) is 36.6 Å². The molecular formula is C17H20ClF3N2O3. The Morgan fingerprint density at radius 3 is 2.50 bits per heavy atom. The first-order valence-corrected chi connectivity index (χ1v) is 8.43. The monoisotopic (exact) mass is 392 g/mol. The van der Waals surface area contributed by atoms with Gasteiger partial charge >= 0.3 is 18.2 Å². The highest BCUT2D eigenvalue weighted by Crippen LogP contribution is 2.51. The molecule has 1 saturated carbocycles. The fourth-order valence-corrected chi connectivity index (χ4v) is 3.07. The van der Waals surface area contributed by atoms with Gasteiger partial charge < -0.3 is 15.3 Å². The van der Waals surface area contributed by atoms with Crippen LogP contribution in [0.4, 0.5) is 18.0 Å². The van der Waals surface area contributed by atoms with E-state index in [4.69, 9.17) is 16.7 Å². The molecule has 0 aliphatic heterocycles. The van der Waals surface area contributed by atoms with E-state index >= 15 is 0 Å². The van der Waals surface area contributed by atoms with Gasteiger partial charge in [-0.25, -0.2) is 4.79 Å². The minimum absolute atomic E-state index is 0.0263. The molecule has 1 atom stereocenters. The number of amides is 2. The van der Waals surface area contributed by atoms with Crippen molar-refractivity contribution in [2.24, 2.45) is 5.92 Å². The molecule has 1 aromatic carbocycles. The van der Waals surface area contributed by atoms with Crippen molar-refractivity contribution in [3.63, 3.8) is 0 Å². The third-order valence-electron chi connectivity index (χ3n) is 4.61. The van der Waals surface area contributed by atoms with Gasteiger partial charge in [0.1, 0.15) is 0 Å². The minimum Gasteiger partial charge on any atom is -0.481 e. The topological polar surface area (TPSA) is 69.6 Å². The highest BCUT2D eigenvalue weighted by Gasteiger charge is 2.47. The van der Waals surface area contributed by atoms with Gasteiger partial charge in [-0.1, -0.05) is 18.5 Å². The van der Waals surface area contributed by atoms with Gasteiger partial charge in [0.15, 0.2) is 0 Å². The standard InChI is InChI=1S/C17H20ClF3N2O3/c1-10(14(24)25)8-23(2)15(26)22-9-16(5-6-16)12-7-11(17(19,20)21)3-4-13(12)18/h3-4,7,10H,5-6,8-9H2,1-2H3,(H,22,26)(H,24,25). The molecule has 0 spiro atoms. The molecule has 144 valence electrons. The third kappa shape index (κ3) is 4.60.